The van der Waals surface area contributed by atoms with Gasteiger partial charge in [-0.2, -0.15) is 0 Å². The number of fused-ring (bicyclic) bond motifs is 1. The quantitative estimate of drug-likeness (QED) is 0.471. The highest BCUT2D eigenvalue weighted by Crippen LogP contribution is 2.42. The minimum Gasteiger partial charge on any atom is -0.486 e. The predicted octanol–water partition coefficient (Wildman–Crippen LogP) is 4.46. The molecular weight excluding hydrogens is 348 g/mol. The van der Waals surface area contributed by atoms with Crippen LogP contribution >= 0.6 is 11.6 Å². The zero-order chi connectivity index (χ0) is 18.1. The zero-order valence-corrected chi connectivity index (χ0v) is 16.2. The van der Waals surface area contributed by atoms with Crippen LogP contribution in [0, 0.1) is 0 Å². The second-order valence-electron chi connectivity index (χ2n) is 7.32. The van der Waals surface area contributed by atoms with Crippen molar-refractivity contribution in [3.05, 3.63) is 38.7 Å². The molecule has 0 aromatic heterocycles. The highest BCUT2D eigenvalue weighted by Gasteiger charge is 2.37. The monoisotopic (exact) mass is 370 g/mol. The van der Waals surface area contributed by atoms with E-state index in [1.165, 1.54) is 0 Å². The third-order valence-electron chi connectivity index (χ3n) is 3.85. The average Bonchev–Trinajstić information content (AvgIpc) is 2.79. The predicted molar refractivity (Wildman–Crippen MR) is 97.6 cm³/mol. The van der Waals surface area contributed by atoms with Gasteiger partial charge in [0, 0.05) is 28.0 Å². The summed E-state index contributed by atoms with van der Waals surface area (Å²) >= 11 is 6.26. The summed E-state index contributed by atoms with van der Waals surface area (Å²) in [5.74, 6) is 0.737. The summed E-state index contributed by atoms with van der Waals surface area (Å²) < 4.78 is 21.2. The Balaban J connectivity index is 2.31. The molecule has 0 saturated heterocycles. The summed E-state index contributed by atoms with van der Waals surface area (Å²) in [6, 6.07) is 3.51. The molecule has 1 N–H and O–H groups in total. The summed E-state index contributed by atoms with van der Waals surface area (Å²) in [5, 5.41) is 4.25. The number of benzene rings is 1. The van der Waals surface area contributed by atoms with Gasteiger partial charge in [0.2, 0.25) is 0 Å². The molecule has 2 unspecified atom stereocenters. The van der Waals surface area contributed by atoms with E-state index in [9.17, 15) is 4.21 Å². The number of hydrogen-bond donors (Lipinski definition) is 1. The van der Waals surface area contributed by atoms with E-state index < -0.39 is 16.6 Å². The fourth-order valence-electron chi connectivity index (χ4n) is 2.61. The van der Waals surface area contributed by atoms with Crippen molar-refractivity contribution in [2.75, 3.05) is 6.54 Å². The average molecular weight is 371 g/mol. The Morgan fingerprint density at radius 2 is 2.21 bits per heavy atom. The zero-order valence-electron chi connectivity index (χ0n) is 14.6. The van der Waals surface area contributed by atoms with Gasteiger partial charge in [0.15, 0.2) is 0 Å². The molecule has 1 heterocycles. The lowest BCUT2D eigenvalue weighted by molar-refractivity contribution is 0.124. The number of nitrogens with zero attached hydrogens (tertiary/aromatic N) is 3. The van der Waals surface area contributed by atoms with Gasteiger partial charge < -0.3 is 4.74 Å². The fraction of sp³-hybridized carbons (Fsp3) is 0.625. The van der Waals surface area contributed by atoms with E-state index in [0.717, 1.165) is 16.9 Å². The van der Waals surface area contributed by atoms with Gasteiger partial charge in [-0.1, -0.05) is 16.7 Å². The molecule has 0 aliphatic carbocycles. The molecule has 0 fully saturated rings. The van der Waals surface area contributed by atoms with Crippen molar-refractivity contribution in [1.29, 1.82) is 0 Å². The van der Waals surface area contributed by atoms with Crippen molar-refractivity contribution in [2.24, 2.45) is 5.11 Å². The Morgan fingerprint density at radius 1 is 1.54 bits per heavy atom. The molecule has 0 saturated carbocycles. The van der Waals surface area contributed by atoms with E-state index in [1.807, 2.05) is 46.8 Å². The maximum atomic E-state index is 12.4. The summed E-state index contributed by atoms with van der Waals surface area (Å²) in [6.45, 7) is 9.83. The largest absolute Gasteiger partial charge is 0.486 e. The van der Waals surface area contributed by atoms with Gasteiger partial charge in [-0.25, -0.2) is 8.93 Å². The number of azide groups is 1. The lowest BCUT2D eigenvalue weighted by Crippen LogP contribution is -2.35. The first-order chi connectivity index (χ1) is 11.1. The van der Waals surface area contributed by atoms with Crippen LogP contribution in [0.1, 0.15) is 51.8 Å². The first-order valence-corrected chi connectivity index (χ1v) is 9.29. The van der Waals surface area contributed by atoms with E-state index in [0.29, 0.717) is 11.4 Å². The lowest BCUT2D eigenvalue weighted by atomic mass is 9.97. The van der Waals surface area contributed by atoms with Crippen LogP contribution in [0.25, 0.3) is 10.4 Å². The van der Waals surface area contributed by atoms with Gasteiger partial charge >= 0.3 is 0 Å². The molecule has 24 heavy (non-hydrogen) atoms. The van der Waals surface area contributed by atoms with Gasteiger partial charge in [0.05, 0.1) is 22.3 Å². The Bertz CT molecular complexity index is 713. The highest BCUT2D eigenvalue weighted by molar-refractivity contribution is 7.84. The SMILES string of the molecule is C[C@@H](NS(=O)C(C)(C)C)c1cc(Cl)cc2c1OC(C)(CN=[N+]=[N-])C2. The van der Waals surface area contributed by atoms with E-state index in [2.05, 4.69) is 14.7 Å². The summed E-state index contributed by atoms with van der Waals surface area (Å²) in [6.07, 6.45) is 0.615. The molecule has 1 aromatic rings. The van der Waals surface area contributed by atoms with Crippen LogP contribution in [0.15, 0.2) is 17.2 Å². The number of rotatable bonds is 5. The smallest absolute Gasteiger partial charge is 0.128 e. The van der Waals surface area contributed by atoms with E-state index >= 15 is 0 Å². The third-order valence-corrected chi connectivity index (χ3v) is 5.75. The maximum absolute atomic E-state index is 12.4. The van der Waals surface area contributed by atoms with Crippen LogP contribution in [0.2, 0.25) is 5.02 Å². The molecule has 6 nitrogen and oxygen atoms in total. The van der Waals surface area contributed by atoms with Crippen molar-refractivity contribution in [2.45, 2.75) is 57.4 Å². The van der Waals surface area contributed by atoms with Gasteiger partial charge in [0.1, 0.15) is 11.4 Å². The first-order valence-electron chi connectivity index (χ1n) is 7.76. The molecule has 132 valence electrons. The second-order valence-corrected chi connectivity index (χ2v) is 9.76. The standard InChI is InChI=1S/C16H23ClN4O2S/c1-10(20-24(22)15(2,3)4)13-7-12(17)6-11-8-16(5,9-19-21-18)23-14(11)13/h6-7,10,20H,8-9H2,1-5H3/t10-,16?,24?/m1/s1. The van der Waals surface area contributed by atoms with Crippen molar-refractivity contribution in [1.82, 2.24) is 4.72 Å². The molecule has 0 amide bonds. The molecule has 8 heteroatoms. The molecule has 1 aliphatic rings. The molecule has 2 rings (SSSR count). The Morgan fingerprint density at radius 3 is 2.79 bits per heavy atom. The molecule has 0 bridgehead atoms. The van der Waals surface area contributed by atoms with Gasteiger partial charge in [-0.05, 0) is 57.8 Å². The summed E-state index contributed by atoms with van der Waals surface area (Å²) in [4.78, 5) is 2.82. The van der Waals surface area contributed by atoms with Crippen molar-refractivity contribution in [3.63, 3.8) is 0 Å². The van der Waals surface area contributed by atoms with Gasteiger partial charge in [-0.3, -0.25) is 0 Å². The lowest BCUT2D eigenvalue weighted by Gasteiger charge is -2.25. The van der Waals surface area contributed by atoms with Crippen LogP contribution < -0.4 is 9.46 Å². The number of halogens is 1. The Kier molecular flexibility index (Phi) is 5.50. The van der Waals surface area contributed by atoms with E-state index in [1.54, 1.807) is 0 Å². The fourth-order valence-corrected chi connectivity index (χ4v) is 3.66. The first kappa shape index (κ1) is 19.1. The molecule has 0 radical (unpaired) electrons. The van der Waals surface area contributed by atoms with Crippen LogP contribution in [-0.2, 0) is 17.4 Å². The Hall–Kier alpha value is -1.27. The Labute approximate surface area is 150 Å². The van der Waals surface area contributed by atoms with Crippen LogP contribution in [0.4, 0.5) is 0 Å². The van der Waals surface area contributed by atoms with Crippen molar-refractivity contribution < 1.29 is 8.95 Å². The van der Waals surface area contributed by atoms with Gasteiger partial charge in [0.25, 0.3) is 0 Å². The second kappa shape index (κ2) is 6.92. The summed E-state index contributed by atoms with van der Waals surface area (Å²) in [5.41, 5.74) is 9.81. The number of hydrogen-bond acceptors (Lipinski definition) is 3. The van der Waals surface area contributed by atoms with E-state index in [4.69, 9.17) is 21.9 Å². The molecular formula is C16H23ClN4O2S. The normalized spacial score (nSPS) is 22.2. The van der Waals surface area contributed by atoms with Crippen LogP contribution in [-0.4, -0.2) is 21.1 Å². The minimum atomic E-state index is -1.21. The minimum absolute atomic E-state index is 0.195. The summed E-state index contributed by atoms with van der Waals surface area (Å²) in [7, 11) is -1.21. The molecule has 0 spiro atoms. The van der Waals surface area contributed by atoms with Crippen molar-refractivity contribution >= 4 is 22.6 Å². The van der Waals surface area contributed by atoms with E-state index in [-0.39, 0.29) is 17.3 Å². The molecule has 1 aliphatic heterocycles. The molecule has 3 atom stereocenters. The van der Waals surface area contributed by atoms with Crippen molar-refractivity contribution in [3.8, 4) is 5.75 Å². The number of nitrogens with one attached hydrogen (secondary N) is 1. The van der Waals surface area contributed by atoms with Crippen LogP contribution in [0.5, 0.6) is 5.75 Å². The molecule has 1 aromatic carbocycles. The number of ether oxygens (including phenoxy) is 1. The van der Waals surface area contributed by atoms with Crippen LogP contribution in [0.3, 0.4) is 0 Å². The topological polar surface area (TPSA) is 87.1 Å². The highest BCUT2D eigenvalue weighted by atomic mass is 35.5. The van der Waals surface area contributed by atoms with Gasteiger partial charge in [-0.15, -0.1) is 0 Å². The maximum Gasteiger partial charge on any atom is 0.128 e. The third kappa shape index (κ3) is 4.22.